The van der Waals surface area contributed by atoms with Gasteiger partial charge in [-0.1, -0.05) is 48.0 Å². The van der Waals surface area contributed by atoms with Crippen molar-refractivity contribution in [3.05, 3.63) is 65.7 Å². The Morgan fingerprint density at radius 3 is 2.36 bits per heavy atom. The predicted octanol–water partition coefficient (Wildman–Crippen LogP) is 2.72. The first-order valence-electron chi connectivity index (χ1n) is 9.31. The van der Waals surface area contributed by atoms with Crippen molar-refractivity contribution in [3.63, 3.8) is 0 Å². The van der Waals surface area contributed by atoms with Crippen molar-refractivity contribution in [2.75, 3.05) is 6.54 Å². The van der Waals surface area contributed by atoms with Gasteiger partial charge in [0.25, 0.3) is 10.0 Å². The molecular formula is C21H24N2O4S. The van der Waals surface area contributed by atoms with E-state index in [0.717, 1.165) is 15.4 Å². The van der Waals surface area contributed by atoms with Crippen LogP contribution >= 0.6 is 0 Å². The van der Waals surface area contributed by atoms with Crippen LogP contribution in [-0.2, 0) is 26.2 Å². The fourth-order valence-electron chi connectivity index (χ4n) is 3.37. The molecule has 148 valence electrons. The normalized spacial score (nSPS) is 17.0. The lowest BCUT2D eigenvalue weighted by atomic mass is 10.1. The van der Waals surface area contributed by atoms with Gasteiger partial charge in [-0.3, -0.25) is 9.59 Å². The summed E-state index contributed by atoms with van der Waals surface area (Å²) in [5.74, 6) is -0.873. The third-order valence-corrected chi connectivity index (χ3v) is 6.78. The first-order chi connectivity index (χ1) is 13.3. The van der Waals surface area contributed by atoms with Crippen molar-refractivity contribution in [1.29, 1.82) is 0 Å². The molecule has 1 heterocycles. The molecule has 1 aliphatic rings. The Balaban J connectivity index is 1.88. The Hall–Kier alpha value is -2.67. The molecule has 1 fully saturated rings. The molecule has 2 aromatic carbocycles. The van der Waals surface area contributed by atoms with Gasteiger partial charge in [0.2, 0.25) is 11.8 Å². The maximum Gasteiger partial charge on any atom is 0.267 e. The summed E-state index contributed by atoms with van der Waals surface area (Å²) in [6.45, 7) is 4.50. The van der Waals surface area contributed by atoms with Gasteiger partial charge in [-0.05, 0) is 38.0 Å². The number of aryl methyl sites for hydroxylation is 1. The first-order valence-corrected chi connectivity index (χ1v) is 10.7. The molecule has 1 aliphatic heterocycles. The van der Waals surface area contributed by atoms with E-state index >= 15 is 0 Å². The molecule has 0 saturated carbocycles. The van der Waals surface area contributed by atoms with Crippen LogP contribution in [0.5, 0.6) is 0 Å². The van der Waals surface area contributed by atoms with Gasteiger partial charge < -0.3 is 4.90 Å². The number of carbonyl (C=O) groups is 2. The van der Waals surface area contributed by atoms with Gasteiger partial charge in [-0.2, -0.15) is 0 Å². The van der Waals surface area contributed by atoms with Crippen molar-refractivity contribution in [2.45, 2.75) is 44.2 Å². The van der Waals surface area contributed by atoms with Crippen LogP contribution in [0.3, 0.4) is 0 Å². The number of carbonyl (C=O) groups excluding carboxylic acids is 2. The van der Waals surface area contributed by atoms with Crippen LogP contribution in [0.2, 0.25) is 0 Å². The van der Waals surface area contributed by atoms with Crippen LogP contribution in [0, 0.1) is 6.92 Å². The largest absolute Gasteiger partial charge is 0.337 e. The molecule has 3 rings (SSSR count). The molecule has 0 spiro atoms. The predicted molar refractivity (Wildman–Crippen MR) is 106 cm³/mol. The molecule has 0 aromatic heterocycles. The smallest absolute Gasteiger partial charge is 0.267 e. The lowest BCUT2D eigenvalue weighted by Gasteiger charge is -2.29. The minimum absolute atomic E-state index is 0.0252. The molecule has 0 radical (unpaired) electrons. The number of sulfonamides is 1. The van der Waals surface area contributed by atoms with Gasteiger partial charge in [0, 0.05) is 19.5 Å². The van der Waals surface area contributed by atoms with Crippen molar-refractivity contribution in [1.82, 2.24) is 9.21 Å². The minimum atomic E-state index is -4.08. The minimum Gasteiger partial charge on any atom is -0.337 e. The van der Waals surface area contributed by atoms with E-state index in [-0.39, 0.29) is 23.6 Å². The molecule has 1 saturated heterocycles. The number of likely N-dealkylation sites (N-methyl/N-ethyl adjacent to an activating group) is 1. The highest BCUT2D eigenvalue weighted by Crippen LogP contribution is 2.29. The fraction of sp³-hybridized carbons (Fsp3) is 0.333. The van der Waals surface area contributed by atoms with E-state index in [9.17, 15) is 18.0 Å². The first kappa shape index (κ1) is 20.1. The summed E-state index contributed by atoms with van der Waals surface area (Å²) >= 11 is 0. The highest BCUT2D eigenvalue weighted by atomic mass is 32.2. The van der Waals surface area contributed by atoms with E-state index in [1.54, 1.807) is 17.0 Å². The molecule has 0 aliphatic carbocycles. The van der Waals surface area contributed by atoms with Gasteiger partial charge in [0.1, 0.15) is 6.04 Å². The fourth-order valence-corrected chi connectivity index (χ4v) is 4.97. The topological polar surface area (TPSA) is 74.8 Å². The van der Waals surface area contributed by atoms with E-state index < -0.39 is 22.0 Å². The van der Waals surface area contributed by atoms with Gasteiger partial charge in [0.15, 0.2) is 0 Å². The van der Waals surface area contributed by atoms with E-state index in [1.807, 2.05) is 44.2 Å². The summed E-state index contributed by atoms with van der Waals surface area (Å²) in [6, 6.07) is 14.8. The Bertz CT molecular complexity index is 956. The van der Waals surface area contributed by atoms with E-state index in [4.69, 9.17) is 0 Å². The second-order valence-electron chi connectivity index (χ2n) is 6.90. The molecule has 2 aromatic rings. The Morgan fingerprint density at radius 2 is 1.75 bits per heavy atom. The maximum atomic E-state index is 13.1. The zero-order chi connectivity index (χ0) is 20.3. The quantitative estimate of drug-likeness (QED) is 0.747. The molecule has 6 nitrogen and oxygen atoms in total. The molecule has 0 N–H and O–H groups in total. The van der Waals surface area contributed by atoms with Crippen LogP contribution in [0.4, 0.5) is 0 Å². The molecule has 28 heavy (non-hydrogen) atoms. The summed E-state index contributed by atoms with van der Waals surface area (Å²) in [5, 5.41) is 0. The number of rotatable bonds is 6. The molecule has 1 atom stereocenters. The molecule has 7 heteroatoms. The van der Waals surface area contributed by atoms with Crippen molar-refractivity contribution in [3.8, 4) is 0 Å². The van der Waals surface area contributed by atoms with Crippen molar-refractivity contribution in [2.24, 2.45) is 0 Å². The summed E-state index contributed by atoms with van der Waals surface area (Å²) in [4.78, 5) is 27.2. The average molecular weight is 401 g/mol. The molecular weight excluding hydrogens is 376 g/mol. The second kappa shape index (κ2) is 8.14. The van der Waals surface area contributed by atoms with Crippen molar-refractivity contribution < 1.29 is 18.0 Å². The standard InChI is InChI=1S/C21H24N2O4S/c1-3-22(15-17-7-5-4-6-8-17)21(25)19-13-14-20(24)23(19)28(26,27)18-11-9-16(2)10-12-18/h4-12,19H,3,13-15H2,1-2H3/t19-/m1/s1. The molecule has 0 bridgehead atoms. The van der Waals surface area contributed by atoms with Crippen LogP contribution < -0.4 is 0 Å². The zero-order valence-electron chi connectivity index (χ0n) is 16.0. The van der Waals surface area contributed by atoms with E-state index in [0.29, 0.717) is 13.1 Å². The van der Waals surface area contributed by atoms with Crippen molar-refractivity contribution >= 4 is 21.8 Å². The van der Waals surface area contributed by atoms with Crippen LogP contribution in [0.25, 0.3) is 0 Å². The second-order valence-corrected chi connectivity index (χ2v) is 8.72. The lowest BCUT2D eigenvalue weighted by Crippen LogP contribution is -2.48. The average Bonchev–Trinajstić information content (AvgIpc) is 3.09. The number of hydrogen-bond acceptors (Lipinski definition) is 4. The Kier molecular flexibility index (Phi) is 5.84. The summed E-state index contributed by atoms with van der Waals surface area (Å²) in [5.41, 5.74) is 1.87. The number of hydrogen-bond donors (Lipinski definition) is 0. The summed E-state index contributed by atoms with van der Waals surface area (Å²) in [6.07, 6.45) is 0.248. The van der Waals surface area contributed by atoms with Crippen LogP contribution in [0.15, 0.2) is 59.5 Å². The summed E-state index contributed by atoms with van der Waals surface area (Å²) < 4.78 is 26.9. The number of benzene rings is 2. The summed E-state index contributed by atoms with van der Waals surface area (Å²) in [7, 11) is -4.08. The SMILES string of the molecule is CCN(Cc1ccccc1)C(=O)[C@H]1CCC(=O)N1S(=O)(=O)c1ccc(C)cc1. The highest BCUT2D eigenvalue weighted by Gasteiger charge is 2.45. The van der Waals surface area contributed by atoms with E-state index in [1.165, 1.54) is 12.1 Å². The zero-order valence-corrected chi connectivity index (χ0v) is 16.9. The Morgan fingerprint density at radius 1 is 1.11 bits per heavy atom. The Labute approximate surface area is 165 Å². The van der Waals surface area contributed by atoms with Crippen LogP contribution in [0.1, 0.15) is 30.9 Å². The maximum absolute atomic E-state index is 13.1. The molecule has 0 unspecified atom stereocenters. The van der Waals surface area contributed by atoms with E-state index in [2.05, 4.69) is 0 Å². The molecule has 2 amide bonds. The van der Waals surface area contributed by atoms with Gasteiger partial charge in [0.05, 0.1) is 4.90 Å². The van der Waals surface area contributed by atoms with Gasteiger partial charge in [-0.25, -0.2) is 12.7 Å². The number of nitrogens with zero attached hydrogens (tertiary/aromatic N) is 2. The highest BCUT2D eigenvalue weighted by molar-refractivity contribution is 7.89. The third kappa shape index (κ3) is 3.94. The lowest BCUT2D eigenvalue weighted by molar-refractivity contribution is -0.138. The number of amides is 2. The third-order valence-electron chi connectivity index (χ3n) is 4.93. The van der Waals surface area contributed by atoms with Gasteiger partial charge in [-0.15, -0.1) is 0 Å². The van der Waals surface area contributed by atoms with Gasteiger partial charge >= 0.3 is 0 Å². The van der Waals surface area contributed by atoms with Crippen LogP contribution in [-0.4, -0.2) is 42.0 Å². The monoisotopic (exact) mass is 400 g/mol.